The molecule has 0 saturated carbocycles. The maximum Gasteiger partial charge on any atom is 0.255 e. The lowest BCUT2D eigenvalue weighted by atomic mass is 10.1. The second-order valence-corrected chi connectivity index (χ2v) is 8.99. The first-order chi connectivity index (χ1) is 15.8. The van der Waals surface area contributed by atoms with Gasteiger partial charge in [-0.3, -0.25) is 4.79 Å². The standard InChI is InChI=1S/C24H25FN2O5S/c1-17-8-10-20(33(29,30)26-16-18-6-4-3-5-7-18)15-21(17)24(28)27-19-9-11-23(22(25)14-19)32-13-12-31-2/h3-11,14-15,26H,12-13,16H2,1-2H3,(H,27,28). The summed E-state index contributed by atoms with van der Waals surface area (Å²) >= 11 is 0. The molecule has 3 aromatic rings. The zero-order valence-corrected chi connectivity index (χ0v) is 19.1. The van der Waals surface area contributed by atoms with E-state index >= 15 is 0 Å². The van der Waals surface area contributed by atoms with E-state index in [4.69, 9.17) is 9.47 Å². The first kappa shape index (κ1) is 24.4. The summed E-state index contributed by atoms with van der Waals surface area (Å²) in [5.74, 6) is -1.15. The highest BCUT2D eigenvalue weighted by Crippen LogP contribution is 2.23. The molecule has 0 bridgehead atoms. The van der Waals surface area contributed by atoms with Crippen molar-refractivity contribution in [2.75, 3.05) is 25.6 Å². The van der Waals surface area contributed by atoms with Crippen LogP contribution < -0.4 is 14.8 Å². The van der Waals surface area contributed by atoms with E-state index in [0.717, 1.165) is 11.6 Å². The topological polar surface area (TPSA) is 93.7 Å². The van der Waals surface area contributed by atoms with Crippen molar-refractivity contribution in [3.05, 3.63) is 89.2 Å². The monoisotopic (exact) mass is 472 g/mol. The summed E-state index contributed by atoms with van der Waals surface area (Å²) in [6.07, 6.45) is 0. The van der Waals surface area contributed by atoms with Gasteiger partial charge in [0.1, 0.15) is 6.61 Å². The van der Waals surface area contributed by atoms with Crippen LogP contribution in [0.25, 0.3) is 0 Å². The Morgan fingerprint density at radius 1 is 1.00 bits per heavy atom. The van der Waals surface area contributed by atoms with E-state index < -0.39 is 21.7 Å². The number of nitrogens with one attached hydrogen (secondary N) is 2. The second kappa shape index (κ2) is 11.0. The molecule has 0 aromatic heterocycles. The molecule has 0 fully saturated rings. The van der Waals surface area contributed by atoms with Crippen molar-refractivity contribution in [3.63, 3.8) is 0 Å². The Morgan fingerprint density at radius 3 is 2.45 bits per heavy atom. The number of carbonyl (C=O) groups excluding carboxylic acids is 1. The van der Waals surface area contributed by atoms with Crippen molar-refractivity contribution in [1.82, 2.24) is 4.72 Å². The molecule has 0 spiro atoms. The molecule has 3 rings (SSSR count). The molecule has 0 unspecified atom stereocenters. The van der Waals surface area contributed by atoms with Gasteiger partial charge in [-0.2, -0.15) is 0 Å². The Morgan fingerprint density at radius 2 is 1.76 bits per heavy atom. The molecule has 0 radical (unpaired) electrons. The Kier molecular flexibility index (Phi) is 8.16. The lowest BCUT2D eigenvalue weighted by Crippen LogP contribution is -2.24. The van der Waals surface area contributed by atoms with E-state index in [0.29, 0.717) is 12.2 Å². The molecule has 9 heteroatoms. The summed E-state index contributed by atoms with van der Waals surface area (Å²) in [5.41, 5.74) is 1.77. The highest BCUT2D eigenvalue weighted by Gasteiger charge is 2.18. The molecule has 0 saturated heterocycles. The average molecular weight is 473 g/mol. The van der Waals surface area contributed by atoms with E-state index in [1.54, 1.807) is 13.0 Å². The van der Waals surface area contributed by atoms with Gasteiger partial charge in [0, 0.05) is 31.0 Å². The molecule has 0 aliphatic carbocycles. The molecule has 0 aliphatic heterocycles. The van der Waals surface area contributed by atoms with Crippen LogP contribution in [0.5, 0.6) is 5.75 Å². The molecule has 2 N–H and O–H groups in total. The maximum atomic E-state index is 14.2. The second-order valence-electron chi connectivity index (χ2n) is 7.23. The molecule has 0 heterocycles. The van der Waals surface area contributed by atoms with Gasteiger partial charge in [0.2, 0.25) is 10.0 Å². The minimum absolute atomic E-state index is 0.0396. The predicted octanol–water partition coefficient (Wildman–Crippen LogP) is 3.89. The number of aryl methyl sites for hydroxylation is 1. The lowest BCUT2D eigenvalue weighted by molar-refractivity contribution is 0.102. The summed E-state index contributed by atoms with van der Waals surface area (Å²) in [5, 5.41) is 2.60. The van der Waals surface area contributed by atoms with Crippen LogP contribution in [0.15, 0.2) is 71.6 Å². The smallest absolute Gasteiger partial charge is 0.255 e. The van der Waals surface area contributed by atoms with Crippen LogP contribution in [0.4, 0.5) is 10.1 Å². The number of hydrogen-bond donors (Lipinski definition) is 2. The maximum absolute atomic E-state index is 14.2. The summed E-state index contributed by atoms with van der Waals surface area (Å²) in [7, 11) is -2.33. The summed E-state index contributed by atoms with van der Waals surface area (Å²) in [6, 6.07) is 17.4. The van der Waals surface area contributed by atoms with Gasteiger partial charge < -0.3 is 14.8 Å². The Hall–Kier alpha value is -3.27. The van der Waals surface area contributed by atoms with E-state index in [-0.39, 0.29) is 35.0 Å². The molecule has 33 heavy (non-hydrogen) atoms. The van der Waals surface area contributed by atoms with Gasteiger partial charge in [0.05, 0.1) is 11.5 Å². The highest BCUT2D eigenvalue weighted by atomic mass is 32.2. The lowest BCUT2D eigenvalue weighted by Gasteiger charge is -2.12. The fourth-order valence-corrected chi connectivity index (χ4v) is 4.04. The van der Waals surface area contributed by atoms with Crippen molar-refractivity contribution in [3.8, 4) is 5.75 Å². The molecular formula is C24H25FN2O5S. The summed E-state index contributed by atoms with van der Waals surface area (Å²) < 4.78 is 52.4. The van der Waals surface area contributed by atoms with Crippen LogP contribution in [0.3, 0.4) is 0 Å². The van der Waals surface area contributed by atoms with Gasteiger partial charge in [0.15, 0.2) is 11.6 Å². The SMILES string of the molecule is COCCOc1ccc(NC(=O)c2cc(S(=O)(=O)NCc3ccccc3)ccc2C)cc1F. The van der Waals surface area contributed by atoms with Gasteiger partial charge in [-0.25, -0.2) is 17.5 Å². The number of hydrogen-bond acceptors (Lipinski definition) is 5. The van der Waals surface area contributed by atoms with Gasteiger partial charge >= 0.3 is 0 Å². The largest absolute Gasteiger partial charge is 0.488 e. The van der Waals surface area contributed by atoms with Crippen molar-refractivity contribution >= 4 is 21.6 Å². The zero-order valence-electron chi connectivity index (χ0n) is 18.3. The van der Waals surface area contributed by atoms with Crippen LogP contribution in [-0.2, 0) is 21.3 Å². The number of halogens is 1. The quantitative estimate of drug-likeness (QED) is 0.437. The first-order valence-corrected chi connectivity index (χ1v) is 11.7. The van der Waals surface area contributed by atoms with E-state index in [9.17, 15) is 17.6 Å². The number of rotatable bonds is 10. The van der Waals surface area contributed by atoms with Gasteiger partial charge in [-0.15, -0.1) is 0 Å². The third-order valence-corrected chi connectivity index (χ3v) is 6.21. The van der Waals surface area contributed by atoms with Crippen LogP contribution in [0.1, 0.15) is 21.5 Å². The Bertz CT molecular complexity index is 1220. The van der Waals surface area contributed by atoms with Crippen molar-refractivity contribution < 1.29 is 27.1 Å². The minimum Gasteiger partial charge on any atom is -0.488 e. The Balaban J connectivity index is 1.73. The molecule has 3 aromatic carbocycles. The summed E-state index contributed by atoms with van der Waals surface area (Å²) in [6.45, 7) is 2.32. The number of sulfonamides is 1. The number of benzene rings is 3. The van der Waals surface area contributed by atoms with E-state index in [1.165, 1.54) is 31.4 Å². The molecule has 1 amide bonds. The van der Waals surface area contributed by atoms with Crippen LogP contribution in [0.2, 0.25) is 0 Å². The number of carbonyl (C=O) groups is 1. The van der Waals surface area contributed by atoms with Crippen molar-refractivity contribution in [2.45, 2.75) is 18.4 Å². The highest BCUT2D eigenvalue weighted by molar-refractivity contribution is 7.89. The van der Waals surface area contributed by atoms with Crippen LogP contribution in [0, 0.1) is 12.7 Å². The van der Waals surface area contributed by atoms with Gasteiger partial charge in [0.25, 0.3) is 5.91 Å². The predicted molar refractivity (Wildman–Crippen MR) is 123 cm³/mol. The number of amides is 1. The number of methoxy groups -OCH3 is 1. The normalized spacial score (nSPS) is 11.2. The molecular weight excluding hydrogens is 447 g/mol. The number of anilines is 1. The fourth-order valence-electron chi connectivity index (χ4n) is 3.00. The minimum atomic E-state index is -3.84. The first-order valence-electron chi connectivity index (χ1n) is 10.2. The third-order valence-electron chi connectivity index (χ3n) is 4.81. The third kappa shape index (κ3) is 6.61. The van der Waals surface area contributed by atoms with E-state index in [1.807, 2.05) is 30.3 Å². The average Bonchev–Trinajstić information content (AvgIpc) is 2.80. The fraction of sp³-hybridized carbons (Fsp3) is 0.208. The number of ether oxygens (including phenoxy) is 2. The van der Waals surface area contributed by atoms with Crippen LogP contribution in [-0.4, -0.2) is 34.6 Å². The van der Waals surface area contributed by atoms with Crippen molar-refractivity contribution in [1.29, 1.82) is 0 Å². The molecule has 0 aliphatic rings. The van der Waals surface area contributed by atoms with Gasteiger partial charge in [-0.05, 0) is 42.3 Å². The Labute approximate surface area is 192 Å². The van der Waals surface area contributed by atoms with Crippen molar-refractivity contribution in [2.24, 2.45) is 0 Å². The van der Waals surface area contributed by atoms with E-state index in [2.05, 4.69) is 10.0 Å². The summed E-state index contributed by atoms with van der Waals surface area (Å²) in [4.78, 5) is 12.8. The molecule has 174 valence electrons. The molecule has 7 nitrogen and oxygen atoms in total. The van der Waals surface area contributed by atoms with Crippen LogP contribution >= 0.6 is 0 Å². The zero-order chi connectivity index (χ0) is 23.8. The van der Waals surface area contributed by atoms with Gasteiger partial charge in [-0.1, -0.05) is 36.4 Å². The molecule has 0 atom stereocenters.